The number of fused-ring (bicyclic) bond motifs is 2. The molecule has 0 saturated heterocycles. The maximum atomic E-state index is 11.3. The van der Waals surface area contributed by atoms with E-state index in [4.69, 9.17) is 9.47 Å². The molecule has 0 radical (unpaired) electrons. The Hall–Kier alpha value is -6.54. The van der Waals surface area contributed by atoms with Crippen molar-refractivity contribution in [2.24, 2.45) is 0 Å². The minimum absolute atomic E-state index is 0.0199. The van der Waals surface area contributed by atoms with Gasteiger partial charge in [-0.1, -0.05) is 66.7 Å². The summed E-state index contributed by atoms with van der Waals surface area (Å²) < 4.78 is 13.3. The van der Waals surface area contributed by atoms with Crippen LogP contribution in [0.25, 0.3) is 12.2 Å². The van der Waals surface area contributed by atoms with Crippen LogP contribution in [0, 0.1) is 0 Å². The van der Waals surface area contributed by atoms with Gasteiger partial charge in [0.05, 0.1) is 11.8 Å². The zero-order valence-corrected chi connectivity index (χ0v) is 26.5. The van der Waals surface area contributed by atoms with Crippen molar-refractivity contribution < 1.29 is 40.1 Å². The molecule has 2 aliphatic rings. The minimum Gasteiger partial charge on any atom is -0.508 e. The van der Waals surface area contributed by atoms with E-state index >= 15 is 0 Å². The van der Waals surface area contributed by atoms with Crippen LogP contribution in [0.15, 0.2) is 121 Å². The lowest BCUT2D eigenvalue weighted by Gasteiger charge is -2.26. The zero-order chi connectivity index (χ0) is 34.5. The van der Waals surface area contributed by atoms with E-state index < -0.39 is 24.0 Å². The molecule has 0 bridgehead atoms. The number of hydrogen-bond donors (Lipinski definition) is 6. The Morgan fingerprint density at radius 1 is 0.420 bits per heavy atom. The van der Waals surface area contributed by atoms with Crippen LogP contribution < -0.4 is 9.47 Å². The minimum atomic E-state index is -0.668. The largest absolute Gasteiger partial charge is 0.508 e. The first kappa shape index (κ1) is 30.8. The Labute approximate surface area is 287 Å². The van der Waals surface area contributed by atoms with Crippen molar-refractivity contribution in [1.29, 1.82) is 0 Å². The molecule has 6 aromatic rings. The summed E-state index contributed by atoms with van der Waals surface area (Å²) in [6, 6.07) is 34.1. The van der Waals surface area contributed by atoms with Crippen LogP contribution in [-0.2, 0) is 0 Å². The number of ether oxygens (including phenoxy) is 2. The van der Waals surface area contributed by atoms with E-state index in [-0.39, 0.29) is 34.5 Å². The standard InChI is InChI=1S/C42H32O8/c43-28-12-8-24(9-13-28)41-38(27-17-30(45)19-31(46)18-27)39-34(20-33(48)22-36(39)50-41)40-37-26(7-6-23-4-2-1-3-5-23)16-32(47)21-35(37)49-42(40)25-10-14-29(44)15-11-25/h1-22,38,40-48H/b7-6-/t38-,40+,41+,42-/m1/s1. The molecule has 0 fully saturated rings. The Bertz CT molecular complexity index is 2220. The maximum absolute atomic E-state index is 11.3. The van der Waals surface area contributed by atoms with Gasteiger partial charge >= 0.3 is 0 Å². The summed E-state index contributed by atoms with van der Waals surface area (Å²) >= 11 is 0. The van der Waals surface area contributed by atoms with Crippen LogP contribution in [0.4, 0.5) is 0 Å². The monoisotopic (exact) mass is 664 g/mol. The second-order valence-electron chi connectivity index (χ2n) is 12.6. The summed E-state index contributed by atoms with van der Waals surface area (Å²) in [4.78, 5) is 0. The average molecular weight is 665 g/mol. The molecule has 248 valence electrons. The van der Waals surface area contributed by atoms with Crippen molar-refractivity contribution in [3.8, 4) is 46.0 Å². The molecule has 4 atom stereocenters. The normalized spacial score (nSPS) is 19.1. The van der Waals surface area contributed by atoms with Crippen LogP contribution >= 0.6 is 0 Å². The fourth-order valence-electron chi connectivity index (χ4n) is 7.29. The van der Waals surface area contributed by atoms with Gasteiger partial charge in [0.15, 0.2) is 0 Å². The highest BCUT2D eigenvalue weighted by Gasteiger charge is 2.46. The van der Waals surface area contributed by atoms with E-state index in [0.29, 0.717) is 33.8 Å². The van der Waals surface area contributed by atoms with Gasteiger partial charge < -0.3 is 40.1 Å². The van der Waals surface area contributed by atoms with Crippen molar-refractivity contribution in [1.82, 2.24) is 0 Å². The topological polar surface area (TPSA) is 140 Å². The summed E-state index contributed by atoms with van der Waals surface area (Å²) in [5.74, 6) is -0.385. The van der Waals surface area contributed by atoms with Crippen molar-refractivity contribution in [3.05, 3.63) is 166 Å². The van der Waals surface area contributed by atoms with Crippen LogP contribution in [0.3, 0.4) is 0 Å². The van der Waals surface area contributed by atoms with Gasteiger partial charge in [-0.15, -0.1) is 0 Å². The van der Waals surface area contributed by atoms with E-state index in [1.54, 1.807) is 84.9 Å². The smallest absolute Gasteiger partial charge is 0.135 e. The first-order chi connectivity index (χ1) is 24.2. The second-order valence-corrected chi connectivity index (χ2v) is 12.6. The Balaban J connectivity index is 1.38. The summed E-state index contributed by atoms with van der Waals surface area (Å²) in [5, 5.41) is 63.6. The lowest BCUT2D eigenvalue weighted by atomic mass is 9.75. The van der Waals surface area contributed by atoms with E-state index in [0.717, 1.165) is 22.3 Å². The van der Waals surface area contributed by atoms with Crippen molar-refractivity contribution >= 4 is 12.2 Å². The molecule has 0 unspecified atom stereocenters. The third-order valence-electron chi connectivity index (χ3n) is 9.37. The fraction of sp³-hybridized carbons (Fsp3) is 0.0952. The molecule has 0 aliphatic carbocycles. The van der Waals surface area contributed by atoms with Gasteiger partial charge in [-0.3, -0.25) is 0 Å². The predicted molar refractivity (Wildman–Crippen MR) is 188 cm³/mol. The number of phenols is 6. The lowest BCUT2D eigenvalue weighted by molar-refractivity contribution is 0.219. The molecule has 0 saturated carbocycles. The van der Waals surface area contributed by atoms with Gasteiger partial charge in [0.1, 0.15) is 58.2 Å². The SMILES string of the molecule is Oc1ccc([C@H]2Oc3cc(O)cc(/C=C\c4ccccc4)c3[C@@H]2c2cc(O)cc3c2[C@@H](c2cc(O)cc(O)c2)[C@H](c2ccc(O)cc2)O3)cc1. The summed E-state index contributed by atoms with van der Waals surface area (Å²) in [6.45, 7) is 0. The summed E-state index contributed by atoms with van der Waals surface area (Å²) in [6.07, 6.45) is 2.55. The van der Waals surface area contributed by atoms with Crippen molar-refractivity contribution in [3.63, 3.8) is 0 Å². The fourth-order valence-corrected chi connectivity index (χ4v) is 7.29. The van der Waals surface area contributed by atoms with Gasteiger partial charge in [0.25, 0.3) is 0 Å². The third-order valence-corrected chi connectivity index (χ3v) is 9.37. The summed E-state index contributed by atoms with van der Waals surface area (Å²) in [7, 11) is 0. The van der Waals surface area contributed by atoms with Crippen molar-refractivity contribution in [2.45, 2.75) is 24.0 Å². The number of benzene rings is 6. The van der Waals surface area contributed by atoms with Gasteiger partial charge in [0, 0.05) is 29.3 Å². The van der Waals surface area contributed by atoms with E-state index in [1.165, 1.54) is 6.07 Å². The molecule has 0 spiro atoms. The predicted octanol–water partition coefficient (Wildman–Crippen LogP) is 8.62. The van der Waals surface area contributed by atoms with Gasteiger partial charge in [-0.2, -0.15) is 0 Å². The molecular formula is C42H32O8. The van der Waals surface area contributed by atoms with E-state index in [1.807, 2.05) is 42.5 Å². The summed E-state index contributed by atoms with van der Waals surface area (Å²) in [5.41, 5.74) is 5.86. The third kappa shape index (κ3) is 5.56. The molecular weight excluding hydrogens is 632 g/mol. The van der Waals surface area contributed by atoms with Gasteiger partial charge in [-0.05, 0) is 81.9 Å². The molecule has 8 heteroatoms. The first-order valence-electron chi connectivity index (χ1n) is 16.1. The number of aromatic hydroxyl groups is 6. The Morgan fingerprint density at radius 3 is 1.54 bits per heavy atom. The second kappa shape index (κ2) is 12.2. The van der Waals surface area contributed by atoms with Gasteiger partial charge in [0.2, 0.25) is 0 Å². The van der Waals surface area contributed by atoms with E-state index in [9.17, 15) is 30.6 Å². The zero-order valence-electron chi connectivity index (χ0n) is 26.5. The number of rotatable bonds is 6. The molecule has 50 heavy (non-hydrogen) atoms. The molecule has 6 aromatic carbocycles. The maximum Gasteiger partial charge on any atom is 0.135 e. The molecule has 0 amide bonds. The van der Waals surface area contributed by atoms with Crippen molar-refractivity contribution in [2.75, 3.05) is 0 Å². The highest BCUT2D eigenvalue weighted by molar-refractivity contribution is 5.76. The van der Waals surface area contributed by atoms with Gasteiger partial charge in [-0.25, -0.2) is 0 Å². The average Bonchev–Trinajstić information content (AvgIpc) is 3.67. The van der Waals surface area contributed by atoms with Crippen LogP contribution in [0.1, 0.15) is 68.6 Å². The lowest BCUT2D eigenvalue weighted by Crippen LogP contribution is -2.16. The molecule has 2 aliphatic heterocycles. The molecule has 6 N–H and O–H groups in total. The number of phenolic OH excluding ortho intramolecular Hbond substituents is 6. The Kier molecular flexibility index (Phi) is 7.49. The van der Waals surface area contributed by atoms with E-state index in [2.05, 4.69) is 0 Å². The molecule has 2 heterocycles. The first-order valence-corrected chi connectivity index (χ1v) is 16.1. The quantitative estimate of drug-likeness (QED) is 0.0973. The Morgan fingerprint density at radius 2 is 0.940 bits per heavy atom. The van der Waals surface area contributed by atoms with Crippen LogP contribution in [0.2, 0.25) is 0 Å². The molecule has 0 aromatic heterocycles. The molecule has 8 nitrogen and oxygen atoms in total. The molecule has 8 rings (SSSR count). The number of hydrogen-bond acceptors (Lipinski definition) is 8. The highest BCUT2D eigenvalue weighted by atomic mass is 16.5. The van der Waals surface area contributed by atoms with Crippen LogP contribution in [-0.4, -0.2) is 30.6 Å². The van der Waals surface area contributed by atoms with Crippen LogP contribution in [0.5, 0.6) is 46.0 Å². The highest BCUT2D eigenvalue weighted by Crippen LogP contribution is 2.59.